The second-order valence-corrected chi connectivity index (χ2v) is 13.8. The van der Waals surface area contributed by atoms with Crippen LogP contribution in [0.15, 0.2) is 66.1 Å². The molecule has 0 spiro atoms. The number of carbonyl (C=O) groups excluding carboxylic acids is 1. The smallest absolute Gasteiger partial charge is 0.435 e. The SMILES string of the molecule is C=CCC1(C(=O)N2CCC(c3ccc(C(F)(C(F)(F)F)C(F)(F)F)cc3)(S(=O)(=O)c3ccc(F)cc3)C2)CCC(C(=O)O)CC1. The first-order valence-electron chi connectivity index (χ1n) is 13.8. The van der Waals surface area contributed by atoms with E-state index in [1.807, 2.05) is 0 Å². The summed E-state index contributed by atoms with van der Waals surface area (Å²) in [6.07, 6.45) is -10.8. The van der Waals surface area contributed by atoms with Crippen LogP contribution >= 0.6 is 0 Å². The molecule has 1 aliphatic carbocycles. The van der Waals surface area contributed by atoms with Crippen molar-refractivity contribution in [1.29, 1.82) is 0 Å². The van der Waals surface area contributed by atoms with Crippen LogP contribution < -0.4 is 0 Å². The molecular weight excluding hydrogens is 638 g/mol. The summed E-state index contributed by atoms with van der Waals surface area (Å²) in [5.41, 5.74) is -8.97. The first-order chi connectivity index (χ1) is 20.8. The number of nitrogens with zero attached hydrogens (tertiary/aromatic N) is 1. The number of halogens is 8. The Balaban J connectivity index is 1.80. The molecule has 0 radical (unpaired) electrons. The van der Waals surface area contributed by atoms with Crippen LogP contribution in [0.1, 0.15) is 49.7 Å². The molecule has 1 saturated carbocycles. The van der Waals surface area contributed by atoms with Gasteiger partial charge >= 0.3 is 24.0 Å². The molecule has 1 saturated heterocycles. The highest BCUT2D eigenvalue weighted by Crippen LogP contribution is 2.54. The zero-order valence-corrected chi connectivity index (χ0v) is 24.4. The van der Waals surface area contributed by atoms with Gasteiger partial charge in [-0.15, -0.1) is 6.58 Å². The van der Waals surface area contributed by atoms with Gasteiger partial charge in [0, 0.05) is 18.7 Å². The monoisotopic (exact) mass is 667 g/mol. The zero-order chi connectivity index (χ0) is 33.6. The van der Waals surface area contributed by atoms with Gasteiger partial charge < -0.3 is 10.0 Å². The lowest BCUT2D eigenvalue weighted by Gasteiger charge is -2.40. The number of rotatable bonds is 8. The van der Waals surface area contributed by atoms with Crippen LogP contribution in [0.25, 0.3) is 0 Å². The van der Waals surface area contributed by atoms with E-state index in [9.17, 15) is 58.2 Å². The van der Waals surface area contributed by atoms with E-state index in [0.717, 1.165) is 24.3 Å². The Hall–Kier alpha value is -3.49. The summed E-state index contributed by atoms with van der Waals surface area (Å²) in [6.45, 7) is 2.91. The molecule has 1 atom stereocenters. The Morgan fingerprint density at radius 2 is 1.44 bits per heavy atom. The van der Waals surface area contributed by atoms with Gasteiger partial charge in [-0.05, 0) is 68.4 Å². The van der Waals surface area contributed by atoms with E-state index in [4.69, 9.17) is 0 Å². The van der Waals surface area contributed by atoms with Gasteiger partial charge in [0.05, 0.1) is 16.2 Å². The molecule has 2 fully saturated rings. The maximum absolute atomic E-state index is 14.7. The highest BCUT2D eigenvalue weighted by atomic mass is 32.2. The van der Waals surface area contributed by atoms with Crippen molar-refractivity contribution in [1.82, 2.24) is 4.90 Å². The van der Waals surface area contributed by atoms with Crippen molar-refractivity contribution in [2.75, 3.05) is 13.1 Å². The second kappa shape index (κ2) is 11.7. The van der Waals surface area contributed by atoms with Gasteiger partial charge in [0.1, 0.15) is 10.6 Å². The molecule has 0 bridgehead atoms. The van der Waals surface area contributed by atoms with Crippen molar-refractivity contribution in [3.8, 4) is 0 Å². The van der Waals surface area contributed by atoms with E-state index in [1.165, 1.54) is 11.0 Å². The van der Waals surface area contributed by atoms with E-state index in [0.29, 0.717) is 12.1 Å². The summed E-state index contributed by atoms with van der Waals surface area (Å²) in [6, 6.07) is 5.35. The van der Waals surface area contributed by atoms with Crippen LogP contribution in [-0.4, -0.2) is 55.7 Å². The third-order valence-electron chi connectivity index (χ3n) is 9.03. The number of allylic oxidation sites excluding steroid dienone is 1. The lowest BCUT2D eigenvalue weighted by molar-refractivity contribution is -0.348. The largest absolute Gasteiger partial charge is 0.481 e. The van der Waals surface area contributed by atoms with Gasteiger partial charge in [0.2, 0.25) is 5.91 Å². The number of sulfone groups is 1. The van der Waals surface area contributed by atoms with Crippen molar-refractivity contribution in [2.45, 2.75) is 66.2 Å². The molecule has 2 aromatic carbocycles. The molecule has 15 heteroatoms. The molecular formula is C30H29F8NO5S. The average molecular weight is 668 g/mol. The van der Waals surface area contributed by atoms with Crippen LogP contribution in [0.4, 0.5) is 35.1 Å². The number of amides is 1. The standard InChI is InChI=1S/C30H29F8NO5S/c1-2-13-26(14-11-19(12-15-26)24(40)41)25(42)39-17-16-27(18-39,45(43,44)23-9-7-22(31)8-10-23)20-3-5-21(6-4-20)28(32,29(33,34)35)30(36,37)38/h2-10,19H,1,11-18H2,(H,40,41). The van der Waals surface area contributed by atoms with Crippen molar-refractivity contribution < 1.29 is 58.2 Å². The molecule has 6 nitrogen and oxygen atoms in total. The highest BCUT2D eigenvalue weighted by Gasteiger charge is 2.73. The zero-order valence-electron chi connectivity index (χ0n) is 23.6. The Kier molecular flexibility index (Phi) is 8.94. The fourth-order valence-electron chi connectivity index (χ4n) is 6.43. The van der Waals surface area contributed by atoms with Crippen molar-refractivity contribution in [2.24, 2.45) is 11.3 Å². The second-order valence-electron chi connectivity index (χ2n) is 11.5. The third-order valence-corrected chi connectivity index (χ3v) is 11.5. The first-order valence-corrected chi connectivity index (χ1v) is 15.3. The van der Waals surface area contributed by atoms with E-state index in [2.05, 4.69) is 6.58 Å². The van der Waals surface area contributed by atoms with E-state index in [1.54, 1.807) is 0 Å². The van der Waals surface area contributed by atoms with Gasteiger partial charge in [-0.3, -0.25) is 9.59 Å². The number of carboxylic acid groups (broad SMARTS) is 1. The number of hydrogen-bond donors (Lipinski definition) is 1. The van der Waals surface area contributed by atoms with Gasteiger partial charge in [-0.25, -0.2) is 17.2 Å². The molecule has 1 amide bonds. The number of carboxylic acids is 1. The van der Waals surface area contributed by atoms with Crippen LogP contribution in [0, 0.1) is 17.2 Å². The highest BCUT2D eigenvalue weighted by molar-refractivity contribution is 7.92. The molecule has 1 heterocycles. The summed E-state index contributed by atoms with van der Waals surface area (Å²) < 4.78 is 135. The summed E-state index contributed by atoms with van der Waals surface area (Å²) in [7, 11) is -4.62. The number of hydrogen-bond acceptors (Lipinski definition) is 4. The number of aliphatic carboxylic acids is 1. The first kappa shape index (κ1) is 34.4. The minimum Gasteiger partial charge on any atom is -0.481 e. The number of alkyl halides is 7. The quantitative estimate of drug-likeness (QED) is 0.189. The normalized spacial score (nSPS) is 24.8. The van der Waals surface area contributed by atoms with Gasteiger partial charge in [0.15, 0.2) is 9.84 Å². The number of likely N-dealkylation sites (tertiary alicyclic amines) is 1. The summed E-state index contributed by atoms with van der Waals surface area (Å²) in [5, 5.41) is 9.40. The fourth-order valence-corrected chi connectivity index (χ4v) is 8.51. The molecule has 1 unspecified atom stereocenters. The van der Waals surface area contributed by atoms with Crippen LogP contribution in [0.3, 0.4) is 0 Å². The molecule has 45 heavy (non-hydrogen) atoms. The van der Waals surface area contributed by atoms with Crippen molar-refractivity contribution in [3.05, 3.63) is 78.1 Å². The molecule has 1 aliphatic heterocycles. The van der Waals surface area contributed by atoms with Crippen LogP contribution in [0.5, 0.6) is 0 Å². The lowest BCUT2D eigenvalue weighted by Crippen LogP contribution is -2.50. The van der Waals surface area contributed by atoms with E-state index < -0.39 is 78.6 Å². The van der Waals surface area contributed by atoms with Gasteiger partial charge in [0.25, 0.3) is 0 Å². The number of benzene rings is 2. The van der Waals surface area contributed by atoms with Gasteiger partial charge in [-0.1, -0.05) is 30.3 Å². The minimum atomic E-state index is -6.39. The van der Waals surface area contributed by atoms with E-state index >= 15 is 0 Å². The minimum absolute atomic E-state index is 0.147. The third kappa shape index (κ3) is 5.72. The summed E-state index contributed by atoms with van der Waals surface area (Å²) >= 11 is 0. The predicted octanol–water partition coefficient (Wildman–Crippen LogP) is 6.85. The molecule has 4 rings (SSSR count). The topological polar surface area (TPSA) is 91.8 Å². The van der Waals surface area contributed by atoms with Gasteiger partial charge in [-0.2, -0.15) is 26.3 Å². The lowest BCUT2D eigenvalue weighted by atomic mass is 9.67. The van der Waals surface area contributed by atoms with E-state index in [-0.39, 0.29) is 62.8 Å². The van der Waals surface area contributed by atoms with Crippen LogP contribution in [-0.2, 0) is 29.8 Å². The van der Waals surface area contributed by atoms with Crippen molar-refractivity contribution in [3.63, 3.8) is 0 Å². The Morgan fingerprint density at radius 1 is 0.911 bits per heavy atom. The molecule has 2 aromatic rings. The Bertz CT molecular complexity index is 1530. The maximum Gasteiger partial charge on any atom is 0.435 e. The summed E-state index contributed by atoms with van der Waals surface area (Å²) in [4.78, 5) is 26.3. The molecule has 1 N–H and O–H groups in total. The van der Waals surface area contributed by atoms with Crippen molar-refractivity contribution >= 4 is 21.7 Å². The molecule has 0 aromatic heterocycles. The average Bonchev–Trinajstić information content (AvgIpc) is 3.43. The Morgan fingerprint density at radius 3 is 1.91 bits per heavy atom. The Labute approximate surface area is 253 Å². The molecule has 2 aliphatic rings. The van der Waals surface area contributed by atoms with Crippen LogP contribution in [0.2, 0.25) is 0 Å². The predicted molar refractivity (Wildman–Crippen MR) is 145 cm³/mol. The molecule has 246 valence electrons. The summed E-state index contributed by atoms with van der Waals surface area (Å²) in [5.74, 6) is -2.98. The number of carbonyl (C=O) groups is 2. The fraction of sp³-hybridized carbons (Fsp3) is 0.467. The maximum atomic E-state index is 14.7.